The van der Waals surface area contributed by atoms with Crippen LogP contribution in [0.4, 0.5) is 17.3 Å². The molecule has 4 rings (SSSR count). The molecule has 1 spiro atoms. The maximum atomic E-state index is 13.3. The zero-order chi connectivity index (χ0) is 21.2. The summed E-state index contributed by atoms with van der Waals surface area (Å²) in [6.07, 6.45) is 8.04. The third-order valence-corrected chi connectivity index (χ3v) is 5.35. The summed E-state index contributed by atoms with van der Waals surface area (Å²) in [6, 6.07) is 3.23. The molecule has 1 aliphatic heterocycles. The van der Waals surface area contributed by atoms with Gasteiger partial charge in [0.15, 0.2) is 0 Å². The van der Waals surface area contributed by atoms with Crippen molar-refractivity contribution in [2.75, 3.05) is 11.1 Å². The first-order valence-corrected chi connectivity index (χ1v) is 10.1. The molecule has 154 valence electrons. The number of pyridine rings is 1. The molecule has 2 aromatic rings. The van der Waals surface area contributed by atoms with Crippen molar-refractivity contribution in [2.24, 2.45) is 5.92 Å². The van der Waals surface area contributed by atoms with Crippen LogP contribution in [0.5, 0.6) is 0 Å². The molecule has 0 saturated carbocycles. The van der Waals surface area contributed by atoms with Crippen molar-refractivity contribution >= 4 is 23.2 Å². The van der Waals surface area contributed by atoms with Gasteiger partial charge in [0.25, 0.3) is 11.5 Å². The average molecular weight is 396 g/mol. The molecule has 0 fully saturated rings. The molecule has 3 heterocycles. The van der Waals surface area contributed by atoms with E-state index < -0.39 is 5.66 Å². The van der Waals surface area contributed by atoms with Gasteiger partial charge in [0, 0.05) is 6.07 Å². The number of allylic oxidation sites excluding steroid dienone is 1. The average Bonchev–Trinajstić information content (AvgIpc) is 3.00. The van der Waals surface area contributed by atoms with Gasteiger partial charge in [-0.25, -0.2) is 9.97 Å². The number of aryl methyl sites for hydroxylation is 1. The van der Waals surface area contributed by atoms with Crippen molar-refractivity contribution in [1.29, 1.82) is 0 Å². The van der Waals surface area contributed by atoms with Gasteiger partial charge in [0.1, 0.15) is 35.0 Å². The third kappa shape index (κ3) is 3.62. The van der Waals surface area contributed by atoms with Crippen LogP contribution in [-0.4, -0.2) is 20.4 Å². The standard InChI is InChI=1S/C19H22N6O2.C2H6/c1-3-12-4-6-19(7-5-12)24-17(26)16-11(2)8-13(18(27)25(16)19)23-15-9-14(20)21-10-22-15;1-2/h4,6,8-10,12H,3,5,7H2,1-2H3,(H,24,26)(H3,20,21,22,23);1-2H3. The SMILES string of the molecule is CC.CCC1C=CC2(CC1)NC(=O)c1c(C)cc(Nc3cc(N)ncn3)c(=O)n12. The number of nitrogens with two attached hydrogens (primary N) is 1. The van der Waals surface area contributed by atoms with Gasteiger partial charge in [-0.15, -0.1) is 0 Å². The number of rotatable bonds is 3. The smallest absolute Gasteiger partial charge is 0.277 e. The molecule has 0 bridgehead atoms. The van der Waals surface area contributed by atoms with Crippen LogP contribution in [0.25, 0.3) is 0 Å². The molecule has 2 unspecified atom stereocenters. The molecule has 1 amide bonds. The van der Waals surface area contributed by atoms with Crippen molar-refractivity contribution in [2.45, 2.75) is 52.6 Å². The quantitative estimate of drug-likeness (QED) is 0.687. The van der Waals surface area contributed by atoms with Crippen molar-refractivity contribution in [3.05, 3.63) is 52.2 Å². The highest BCUT2D eigenvalue weighted by Gasteiger charge is 2.44. The maximum absolute atomic E-state index is 13.3. The van der Waals surface area contributed by atoms with Crippen LogP contribution >= 0.6 is 0 Å². The highest BCUT2D eigenvalue weighted by atomic mass is 16.2. The first kappa shape index (κ1) is 20.6. The predicted octanol–water partition coefficient (Wildman–Crippen LogP) is 3.07. The summed E-state index contributed by atoms with van der Waals surface area (Å²) in [5, 5.41) is 6.04. The van der Waals surface area contributed by atoms with Crippen molar-refractivity contribution in [3.63, 3.8) is 0 Å². The maximum Gasteiger partial charge on any atom is 0.277 e. The molecule has 0 radical (unpaired) electrons. The second kappa shape index (κ2) is 8.06. The number of carbonyl (C=O) groups excluding carboxylic acids is 1. The monoisotopic (exact) mass is 396 g/mol. The Balaban J connectivity index is 0.00000117. The molecule has 1 aliphatic carbocycles. The third-order valence-electron chi connectivity index (χ3n) is 5.35. The lowest BCUT2D eigenvalue weighted by Gasteiger charge is -2.33. The highest BCUT2D eigenvalue weighted by molar-refractivity contribution is 5.97. The van der Waals surface area contributed by atoms with Gasteiger partial charge in [-0.2, -0.15) is 0 Å². The van der Waals surface area contributed by atoms with Gasteiger partial charge >= 0.3 is 0 Å². The van der Waals surface area contributed by atoms with Gasteiger partial charge in [0.05, 0.1) is 0 Å². The van der Waals surface area contributed by atoms with Crippen molar-refractivity contribution in [1.82, 2.24) is 19.9 Å². The fourth-order valence-corrected chi connectivity index (χ4v) is 3.90. The van der Waals surface area contributed by atoms with Gasteiger partial charge in [0.2, 0.25) is 0 Å². The Labute approximate surface area is 170 Å². The van der Waals surface area contributed by atoms with E-state index in [-0.39, 0.29) is 11.5 Å². The Morgan fingerprint density at radius 1 is 1.31 bits per heavy atom. The van der Waals surface area contributed by atoms with Gasteiger partial charge in [-0.05, 0) is 49.8 Å². The Morgan fingerprint density at radius 3 is 2.69 bits per heavy atom. The number of anilines is 3. The first-order valence-electron chi connectivity index (χ1n) is 10.1. The van der Waals surface area contributed by atoms with E-state index in [1.165, 1.54) is 6.33 Å². The second-order valence-electron chi connectivity index (χ2n) is 7.13. The van der Waals surface area contributed by atoms with E-state index in [1.807, 2.05) is 26.8 Å². The zero-order valence-electron chi connectivity index (χ0n) is 17.3. The van der Waals surface area contributed by atoms with Crippen molar-refractivity contribution in [3.8, 4) is 0 Å². The van der Waals surface area contributed by atoms with Gasteiger partial charge in [-0.3, -0.25) is 14.2 Å². The van der Waals surface area contributed by atoms with E-state index in [2.05, 4.69) is 33.6 Å². The number of amides is 1. The summed E-state index contributed by atoms with van der Waals surface area (Å²) < 4.78 is 1.58. The number of nitrogens with one attached hydrogen (secondary N) is 2. The van der Waals surface area contributed by atoms with E-state index in [9.17, 15) is 9.59 Å². The zero-order valence-corrected chi connectivity index (χ0v) is 17.3. The van der Waals surface area contributed by atoms with Crippen LogP contribution < -0.4 is 21.9 Å². The van der Waals surface area contributed by atoms with Crippen LogP contribution in [0.15, 0.2) is 35.4 Å². The molecular weight excluding hydrogens is 368 g/mol. The van der Waals surface area contributed by atoms with E-state index >= 15 is 0 Å². The molecule has 2 aromatic heterocycles. The number of nitrogens with zero attached hydrogens (tertiary/aromatic N) is 3. The van der Waals surface area contributed by atoms with Crippen LogP contribution in [0.3, 0.4) is 0 Å². The molecular formula is C21H28N6O2. The molecule has 29 heavy (non-hydrogen) atoms. The molecule has 4 N–H and O–H groups in total. The number of carbonyl (C=O) groups is 1. The molecule has 0 aromatic carbocycles. The van der Waals surface area contributed by atoms with E-state index in [0.29, 0.717) is 35.4 Å². The summed E-state index contributed by atoms with van der Waals surface area (Å²) >= 11 is 0. The van der Waals surface area contributed by atoms with Crippen LogP contribution in [0.2, 0.25) is 0 Å². The Morgan fingerprint density at radius 2 is 2.07 bits per heavy atom. The minimum atomic E-state index is -0.803. The lowest BCUT2D eigenvalue weighted by molar-refractivity contribution is 0.0929. The van der Waals surface area contributed by atoms with Gasteiger partial charge < -0.3 is 16.4 Å². The number of nitrogen functional groups attached to an aromatic ring is 1. The molecule has 8 heteroatoms. The summed E-state index contributed by atoms with van der Waals surface area (Å²) in [4.78, 5) is 33.8. The molecule has 8 nitrogen and oxygen atoms in total. The molecule has 2 atom stereocenters. The summed E-state index contributed by atoms with van der Waals surface area (Å²) in [5.74, 6) is 0.983. The van der Waals surface area contributed by atoms with Gasteiger partial charge in [-0.1, -0.05) is 26.8 Å². The fourth-order valence-electron chi connectivity index (χ4n) is 3.90. The Bertz CT molecular complexity index is 1010. The topological polar surface area (TPSA) is 115 Å². The number of hydrogen-bond donors (Lipinski definition) is 3. The number of aromatic nitrogens is 3. The minimum Gasteiger partial charge on any atom is -0.384 e. The molecule has 0 saturated heterocycles. The highest BCUT2D eigenvalue weighted by Crippen LogP contribution is 2.36. The lowest BCUT2D eigenvalue weighted by atomic mass is 9.87. The second-order valence-corrected chi connectivity index (χ2v) is 7.13. The van der Waals surface area contributed by atoms with E-state index in [4.69, 9.17) is 5.73 Å². The Hall–Kier alpha value is -3.16. The van der Waals surface area contributed by atoms with Crippen LogP contribution in [0, 0.1) is 12.8 Å². The lowest BCUT2D eigenvalue weighted by Crippen LogP contribution is -2.47. The summed E-state index contributed by atoms with van der Waals surface area (Å²) in [5.41, 5.74) is 6.09. The van der Waals surface area contributed by atoms with E-state index in [1.54, 1.807) is 16.7 Å². The number of fused-ring (bicyclic) bond motifs is 2. The van der Waals surface area contributed by atoms with E-state index in [0.717, 1.165) is 18.4 Å². The predicted molar refractivity (Wildman–Crippen MR) is 114 cm³/mol. The fraction of sp³-hybridized carbons (Fsp3) is 0.429. The molecule has 2 aliphatic rings. The van der Waals surface area contributed by atoms with Crippen LogP contribution in [0.1, 0.15) is 56.1 Å². The first-order chi connectivity index (χ1) is 13.9. The summed E-state index contributed by atoms with van der Waals surface area (Å²) in [6.45, 7) is 7.96. The van der Waals surface area contributed by atoms with Crippen LogP contribution in [-0.2, 0) is 5.66 Å². The largest absolute Gasteiger partial charge is 0.384 e. The minimum absolute atomic E-state index is 0.220. The van der Waals surface area contributed by atoms with Crippen molar-refractivity contribution < 1.29 is 4.79 Å². The normalized spacial score (nSPS) is 21.9. The summed E-state index contributed by atoms with van der Waals surface area (Å²) in [7, 11) is 0. The Kier molecular flexibility index (Phi) is 5.72. The number of hydrogen-bond acceptors (Lipinski definition) is 6.